The molecule has 0 unspecified atom stereocenters. The average Bonchev–Trinajstić information content (AvgIpc) is 3.39. The average molecular weight is 519 g/mol. The van der Waals surface area contributed by atoms with Gasteiger partial charge in [0.15, 0.2) is 0 Å². The number of anilines is 1. The molecule has 37 heavy (non-hydrogen) atoms. The number of benzene rings is 2. The lowest BCUT2D eigenvalue weighted by Crippen LogP contribution is -2.49. The first-order valence-corrected chi connectivity index (χ1v) is 13.3. The molecule has 0 bridgehead atoms. The highest BCUT2D eigenvalue weighted by Gasteiger charge is 2.25. The van der Waals surface area contributed by atoms with Gasteiger partial charge in [0.25, 0.3) is 5.91 Å². The normalized spacial score (nSPS) is 14.7. The summed E-state index contributed by atoms with van der Waals surface area (Å²) in [5.74, 6) is 0.798. The number of hydrogen-bond donors (Lipinski definition) is 2. The number of aliphatic hydroxyl groups is 2. The standard InChI is InChI=1S/C28H30N4O4S/c1-2-23-16-24-25(29-28(30-26(24)37-23)36-18-22(34)17-33)31-12-14-32(15-13-31)27(35)21-10-8-20(9-11-21)19-6-4-3-5-7-19/h3-11,16,22,33-34H,2,12-15,17-18H2,1H3/t22-/m1/s1. The minimum absolute atomic E-state index is 0.0258. The molecule has 4 aromatic rings. The van der Waals surface area contributed by atoms with Gasteiger partial charge >= 0.3 is 6.01 Å². The van der Waals surface area contributed by atoms with E-state index < -0.39 is 6.10 Å². The highest BCUT2D eigenvalue weighted by atomic mass is 32.1. The Bertz CT molecular complexity index is 1350. The van der Waals surface area contributed by atoms with Crippen molar-refractivity contribution in [3.05, 3.63) is 71.1 Å². The fourth-order valence-electron chi connectivity index (χ4n) is 4.38. The molecule has 192 valence electrons. The Balaban J connectivity index is 1.29. The number of piperazine rings is 1. The van der Waals surface area contributed by atoms with Crippen LogP contribution in [0.3, 0.4) is 0 Å². The maximum absolute atomic E-state index is 13.2. The lowest BCUT2D eigenvalue weighted by Gasteiger charge is -2.35. The van der Waals surface area contributed by atoms with Crippen LogP contribution < -0.4 is 9.64 Å². The van der Waals surface area contributed by atoms with Crippen molar-refractivity contribution in [2.24, 2.45) is 0 Å². The van der Waals surface area contributed by atoms with Crippen LogP contribution in [-0.2, 0) is 6.42 Å². The van der Waals surface area contributed by atoms with Crippen LogP contribution in [0.15, 0.2) is 60.7 Å². The SMILES string of the molecule is CCc1cc2c(N3CCN(C(=O)c4ccc(-c5ccccc5)cc4)CC3)nc(OC[C@H](O)CO)nc2s1. The van der Waals surface area contributed by atoms with Crippen molar-refractivity contribution in [1.29, 1.82) is 0 Å². The number of carbonyl (C=O) groups excluding carboxylic acids is 1. The number of fused-ring (bicyclic) bond motifs is 1. The summed E-state index contributed by atoms with van der Waals surface area (Å²) in [5.41, 5.74) is 2.89. The summed E-state index contributed by atoms with van der Waals surface area (Å²) in [6.07, 6.45) is -0.0980. The first-order chi connectivity index (χ1) is 18.1. The molecule has 2 aromatic heterocycles. The van der Waals surface area contributed by atoms with E-state index in [9.17, 15) is 9.90 Å². The van der Waals surface area contributed by atoms with Crippen LogP contribution in [0.5, 0.6) is 6.01 Å². The maximum atomic E-state index is 13.2. The van der Waals surface area contributed by atoms with Crippen molar-refractivity contribution in [2.75, 3.05) is 44.3 Å². The number of rotatable bonds is 8. The number of aryl methyl sites for hydroxylation is 1. The van der Waals surface area contributed by atoms with Crippen molar-refractivity contribution >= 4 is 33.3 Å². The number of amides is 1. The van der Waals surface area contributed by atoms with Gasteiger partial charge in [-0.3, -0.25) is 4.79 Å². The van der Waals surface area contributed by atoms with Crippen LogP contribution in [0.1, 0.15) is 22.2 Å². The molecule has 1 aliphatic heterocycles. The van der Waals surface area contributed by atoms with Gasteiger partial charge in [-0.1, -0.05) is 49.4 Å². The van der Waals surface area contributed by atoms with Gasteiger partial charge < -0.3 is 24.7 Å². The van der Waals surface area contributed by atoms with Gasteiger partial charge in [-0.05, 0) is 35.7 Å². The van der Waals surface area contributed by atoms with E-state index >= 15 is 0 Å². The van der Waals surface area contributed by atoms with Crippen LogP contribution >= 0.6 is 11.3 Å². The Morgan fingerprint density at radius 1 is 1.03 bits per heavy atom. The number of carbonyl (C=O) groups is 1. The number of aliphatic hydroxyl groups excluding tert-OH is 2. The van der Waals surface area contributed by atoms with Gasteiger partial charge in [0.1, 0.15) is 23.4 Å². The molecule has 2 aromatic carbocycles. The summed E-state index contributed by atoms with van der Waals surface area (Å²) in [6.45, 7) is 4.05. The van der Waals surface area contributed by atoms with E-state index in [1.807, 2.05) is 47.4 Å². The minimum atomic E-state index is -0.992. The van der Waals surface area contributed by atoms with Crippen LogP contribution in [0.2, 0.25) is 0 Å². The molecule has 0 radical (unpaired) electrons. The molecule has 0 spiro atoms. The smallest absolute Gasteiger partial charge is 0.319 e. The zero-order valence-electron chi connectivity index (χ0n) is 20.7. The molecule has 8 nitrogen and oxygen atoms in total. The highest BCUT2D eigenvalue weighted by molar-refractivity contribution is 7.18. The van der Waals surface area contributed by atoms with Gasteiger partial charge in [0.05, 0.1) is 12.0 Å². The molecule has 1 atom stereocenters. The fraction of sp³-hybridized carbons (Fsp3) is 0.321. The number of thiophene rings is 1. The summed E-state index contributed by atoms with van der Waals surface area (Å²) in [6, 6.07) is 20.2. The number of aromatic nitrogens is 2. The number of ether oxygens (including phenoxy) is 1. The van der Waals surface area contributed by atoms with Gasteiger partial charge in [-0.15, -0.1) is 11.3 Å². The van der Waals surface area contributed by atoms with E-state index in [4.69, 9.17) is 9.84 Å². The van der Waals surface area contributed by atoms with Crippen molar-refractivity contribution in [2.45, 2.75) is 19.4 Å². The van der Waals surface area contributed by atoms with Crippen LogP contribution in [0.4, 0.5) is 5.82 Å². The fourth-order valence-corrected chi connectivity index (χ4v) is 5.33. The zero-order chi connectivity index (χ0) is 25.8. The number of nitrogens with zero attached hydrogens (tertiary/aromatic N) is 4. The molecule has 2 N–H and O–H groups in total. The largest absolute Gasteiger partial charge is 0.461 e. The van der Waals surface area contributed by atoms with Crippen molar-refractivity contribution in [3.8, 4) is 17.1 Å². The van der Waals surface area contributed by atoms with Crippen LogP contribution in [0, 0.1) is 0 Å². The van der Waals surface area contributed by atoms with Gasteiger partial charge in [-0.2, -0.15) is 9.97 Å². The van der Waals surface area contributed by atoms with E-state index in [1.54, 1.807) is 11.3 Å². The van der Waals surface area contributed by atoms with Gasteiger partial charge in [-0.25, -0.2) is 0 Å². The van der Waals surface area contributed by atoms with Gasteiger partial charge in [0, 0.05) is 36.6 Å². The van der Waals surface area contributed by atoms with E-state index in [2.05, 4.69) is 40.0 Å². The molecule has 9 heteroatoms. The Labute approximate surface area is 219 Å². The quantitative estimate of drug-likeness (QED) is 0.368. The summed E-state index contributed by atoms with van der Waals surface area (Å²) in [5, 5.41) is 19.7. The second-order valence-electron chi connectivity index (χ2n) is 8.98. The van der Waals surface area contributed by atoms with Gasteiger partial charge in [0.2, 0.25) is 0 Å². The second kappa shape index (κ2) is 11.2. The zero-order valence-corrected chi connectivity index (χ0v) is 21.5. The molecule has 0 aliphatic carbocycles. The molecule has 0 saturated carbocycles. The Kier molecular flexibility index (Phi) is 7.64. The molecular formula is C28H30N4O4S. The lowest BCUT2D eigenvalue weighted by atomic mass is 10.0. The molecule has 3 heterocycles. The molecule has 1 amide bonds. The molecule has 1 aliphatic rings. The minimum Gasteiger partial charge on any atom is -0.461 e. The third-order valence-corrected chi connectivity index (χ3v) is 7.65. The highest BCUT2D eigenvalue weighted by Crippen LogP contribution is 2.33. The van der Waals surface area contributed by atoms with Crippen LogP contribution in [0.25, 0.3) is 21.3 Å². The van der Waals surface area contributed by atoms with E-state index in [1.165, 1.54) is 4.88 Å². The predicted octanol–water partition coefficient (Wildman–Crippen LogP) is 3.62. The third-order valence-electron chi connectivity index (χ3n) is 6.47. The topological polar surface area (TPSA) is 99.0 Å². The van der Waals surface area contributed by atoms with Crippen LogP contribution in [-0.4, -0.2) is 76.5 Å². The molecule has 1 saturated heterocycles. The predicted molar refractivity (Wildman–Crippen MR) is 145 cm³/mol. The molecular weight excluding hydrogens is 488 g/mol. The van der Waals surface area contributed by atoms with E-state index in [0.29, 0.717) is 31.7 Å². The molecule has 1 fully saturated rings. The summed E-state index contributed by atoms with van der Waals surface area (Å²) >= 11 is 1.60. The third kappa shape index (κ3) is 5.58. The Morgan fingerprint density at radius 3 is 2.41 bits per heavy atom. The maximum Gasteiger partial charge on any atom is 0.319 e. The number of hydrogen-bond acceptors (Lipinski definition) is 8. The Hall–Kier alpha value is -3.53. The summed E-state index contributed by atoms with van der Waals surface area (Å²) in [4.78, 5) is 28.4. The monoisotopic (exact) mass is 518 g/mol. The lowest BCUT2D eigenvalue weighted by molar-refractivity contribution is 0.0506. The van der Waals surface area contributed by atoms with Crippen molar-refractivity contribution in [3.63, 3.8) is 0 Å². The second-order valence-corrected chi connectivity index (χ2v) is 10.1. The summed E-state index contributed by atoms with van der Waals surface area (Å²) < 4.78 is 5.58. The van der Waals surface area contributed by atoms with Crippen molar-refractivity contribution in [1.82, 2.24) is 14.9 Å². The molecule has 5 rings (SSSR count). The summed E-state index contributed by atoms with van der Waals surface area (Å²) in [7, 11) is 0. The van der Waals surface area contributed by atoms with E-state index in [0.717, 1.165) is 33.6 Å². The Morgan fingerprint density at radius 2 is 1.73 bits per heavy atom. The first-order valence-electron chi connectivity index (χ1n) is 12.5. The first kappa shape index (κ1) is 25.1. The van der Waals surface area contributed by atoms with E-state index in [-0.39, 0.29) is 25.1 Å². The van der Waals surface area contributed by atoms with Crippen molar-refractivity contribution < 1.29 is 19.7 Å².